The minimum atomic E-state index is -2.84. The maximum Gasteiger partial charge on any atom is 0.280 e. The molecule has 0 bridgehead atoms. The lowest BCUT2D eigenvalue weighted by Gasteiger charge is -2.28. The van der Waals surface area contributed by atoms with Crippen LogP contribution in [0.2, 0.25) is 0 Å². The second-order valence-corrected chi connectivity index (χ2v) is 12.6. The number of nitrogens with zero attached hydrogens (tertiary/aromatic N) is 3. The van der Waals surface area contributed by atoms with E-state index in [0.29, 0.717) is 5.82 Å². The van der Waals surface area contributed by atoms with Crippen molar-refractivity contribution in [2.75, 3.05) is 11.9 Å². The van der Waals surface area contributed by atoms with Crippen molar-refractivity contribution in [2.45, 2.75) is 110 Å². The first-order valence-corrected chi connectivity index (χ1v) is 14.4. The summed E-state index contributed by atoms with van der Waals surface area (Å²) in [5, 5.41) is 15.8. The van der Waals surface area contributed by atoms with Crippen LogP contribution in [-0.4, -0.2) is 61.6 Å². The van der Waals surface area contributed by atoms with Crippen LogP contribution in [0.4, 0.5) is 14.6 Å². The van der Waals surface area contributed by atoms with Crippen LogP contribution in [0, 0.1) is 0 Å². The van der Waals surface area contributed by atoms with E-state index in [9.17, 15) is 23.5 Å². The number of halogens is 2. The van der Waals surface area contributed by atoms with Gasteiger partial charge in [-0.3, -0.25) is 9.59 Å². The first-order valence-electron chi connectivity index (χ1n) is 13.6. The number of hydrogen-bond acceptors (Lipinski definition) is 7. The van der Waals surface area contributed by atoms with Crippen LogP contribution in [0.1, 0.15) is 113 Å². The molecule has 1 fully saturated rings. The van der Waals surface area contributed by atoms with Gasteiger partial charge in [-0.2, -0.15) is 0 Å². The van der Waals surface area contributed by atoms with Crippen molar-refractivity contribution in [3.8, 4) is 10.4 Å². The number of aromatic nitrogens is 2. The first-order chi connectivity index (χ1) is 18.2. The number of alkyl halides is 2. The van der Waals surface area contributed by atoms with Gasteiger partial charge in [-0.05, 0) is 66.4 Å². The molecule has 2 aromatic heterocycles. The summed E-state index contributed by atoms with van der Waals surface area (Å²) >= 11 is 0.883. The van der Waals surface area contributed by atoms with E-state index in [0.717, 1.165) is 43.4 Å². The standard InChI is InChI=1S/C28H41F2N5O3S/c1-8-10-17-12-11-16(3)35(17)26(37)21-22(39-25(33-21)24(36)32-15-28(6,7)38)19-14-31-20(13-18(19)23(29)30)34-27(4,5)9-2/h13-14,16-17,23,38H,8-12,15H2,1-7H3,(H,31,34)(H,32,36). The molecule has 39 heavy (non-hydrogen) atoms. The molecule has 2 atom stereocenters. The lowest BCUT2D eigenvalue weighted by Crippen LogP contribution is -2.40. The molecule has 8 nitrogen and oxygen atoms in total. The lowest BCUT2D eigenvalue weighted by atomic mass is 10.0. The Bertz CT molecular complexity index is 1180. The average molecular weight is 566 g/mol. The highest BCUT2D eigenvalue weighted by atomic mass is 32.1. The van der Waals surface area contributed by atoms with Gasteiger partial charge in [0.05, 0.1) is 10.5 Å². The molecule has 0 radical (unpaired) electrons. The number of hydrogen-bond donors (Lipinski definition) is 3. The summed E-state index contributed by atoms with van der Waals surface area (Å²) in [6.07, 6.45) is 2.66. The van der Waals surface area contributed by atoms with Gasteiger partial charge < -0.3 is 20.6 Å². The molecule has 0 aromatic carbocycles. The summed E-state index contributed by atoms with van der Waals surface area (Å²) in [5.41, 5.74) is -1.76. The number of thiazole rings is 1. The molecule has 3 N–H and O–H groups in total. The molecule has 3 rings (SSSR count). The highest BCUT2D eigenvalue weighted by Crippen LogP contribution is 2.40. The van der Waals surface area contributed by atoms with Crippen LogP contribution >= 0.6 is 11.3 Å². The van der Waals surface area contributed by atoms with Crippen molar-refractivity contribution in [1.29, 1.82) is 0 Å². The Balaban J connectivity index is 2.12. The lowest BCUT2D eigenvalue weighted by molar-refractivity contribution is 0.0664. The van der Waals surface area contributed by atoms with Crippen molar-refractivity contribution >= 4 is 29.0 Å². The van der Waals surface area contributed by atoms with Gasteiger partial charge in [0.2, 0.25) is 0 Å². The Labute approximate surface area is 233 Å². The van der Waals surface area contributed by atoms with Gasteiger partial charge in [-0.15, -0.1) is 11.3 Å². The van der Waals surface area contributed by atoms with Gasteiger partial charge in [0.15, 0.2) is 5.01 Å². The van der Waals surface area contributed by atoms with Crippen LogP contribution in [0.5, 0.6) is 0 Å². The minimum absolute atomic E-state index is 0.0232. The maximum atomic E-state index is 14.4. The quantitative estimate of drug-likeness (QED) is 0.307. The normalized spacial score (nSPS) is 18.1. The van der Waals surface area contributed by atoms with Gasteiger partial charge in [-0.1, -0.05) is 20.3 Å². The number of likely N-dealkylation sites (tertiary alicyclic amines) is 1. The SMILES string of the molecule is CCCC1CCC(C)N1C(=O)c1nc(C(=O)NCC(C)(C)O)sc1-c1cnc(NC(C)(C)CC)cc1C(F)F. The van der Waals surface area contributed by atoms with Gasteiger partial charge in [0.1, 0.15) is 11.5 Å². The fourth-order valence-corrected chi connectivity index (χ4v) is 5.64. The van der Waals surface area contributed by atoms with E-state index in [1.165, 1.54) is 12.3 Å². The maximum absolute atomic E-state index is 14.4. The predicted molar refractivity (Wildman–Crippen MR) is 150 cm³/mol. The Morgan fingerprint density at radius 2 is 1.92 bits per heavy atom. The average Bonchev–Trinajstić information content (AvgIpc) is 3.46. The summed E-state index contributed by atoms with van der Waals surface area (Å²) in [5.74, 6) is -0.657. The fraction of sp³-hybridized carbons (Fsp3) is 0.643. The Morgan fingerprint density at radius 3 is 2.51 bits per heavy atom. The number of aliphatic hydroxyl groups is 1. The Hall–Kier alpha value is -2.66. The molecule has 1 aliphatic heterocycles. The minimum Gasteiger partial charge on any atom is -0.389 e. The number of carbonyl (C=O) groups is 2. The number of rotatable bonds is 11. The zero-order valence-corrected chi connectivity index (χ0v) is 24.7. The van der Waals surface area contributed by atoms with E-state index in [2.05, 4.69) is 27.5 Å². The highest BCUT2D eigenvalue weighted by Gasteiger charge is 2.38. The number of carbonyl (C=O) groups excluding carboxylic acids is 2. The van der Waals surface area contributed by atoms with Crippen molar-refractivity contribution in [3.05, 3.63) is 28.5 Å². The second kappa shape index (κ2) is 12.2. The van der Waals surface area contributed by atoms with Crippen molar-refractivity contribution < 1.29 is 23.5 Å². The molecule has 2 aromatic rings. The van der Waals surface area contributed by atoms with E-state index in [4.69, 9.17) is 0 Å². The second-order valence-electron chi connectivity index (χ2n) is 11.6. The summed E-state index contributed by atoms with van der Waals surface area (Å²) < 4.78 is 28.8. The largest absolute Gasteiger partial charge is 0.389 e. The molecule has 0 spiro atoms. The van der Waals surface area contributed by atoms with Crippen LogP contribution in [0.15, 0.2) is 12.3 Å². The molecule has 2 unspecified atom stereocenters. The van der Waals surface area contributed by atoms with Gasteiger partial charge in [-0.25, -0.2) is 18.7 Å². The molecular weight excluding hydrogens is 524 g/mol. The van der Waals surface area contributed by atoms with E-state index >= 15 is 0 Å². The van der Waals surface area contributed by atoms with Crippen LogP contribution < -0.4 is 10.6 Å². The van der Waals surface area contributed by atoms with Crippen molar-refractivity contribution in [3.63, 3.8) is 0 Å². The predicted octanol–water partition coefficient (Wildman–Crippen LogP) is 6.04. The van der Waals surface area contributed by atoms with E-state index in [1.807, 2.05) is 27.7 Å². The van der Waals surface area contributed by atoms with E-state index in [-0.39, 0.29) is 56.8 Å². The molecule has 11 heteroatoms. The van der Waals surface area contributed by atoms with E-state index in [1.54, 1.807) is 18.7 Å². The zero-order chi connectivity index (χ0) is 29.1. The Morgan fingerprint density at radius 1 is 1.23 bits per heavy atom. The monoisotopic (exact) mass is 565 g/mol. The molecule has 1 aliphatic rings. The molecular formula is C28H41F2N5O3S. The molecule has 0 aliphatic carbocycles. The highest BCUT2D eigenvalue weighted by molar-refractivity contribution is 7.17. The van der Waals surface area contributed by atoms with Crippen molar-refractivity contribution in [2.24, 2.45) is 0 Å². The van der Waals surface area contributed by atoms with Crippen LogP contribution in [-0.2, 0) is 0 Å². The number of anilines is 1. The van der Waals surface area contributed by atoms with Crippen LogP contribution in [0.25, 0.3) is 10.4 Å². The summed E-state index contributed by atoms with van der Waals surface area (Å²) in [6, 6.07) is 1.29. The number of pyridine rings is 1. The van der Waals surface area contributed by atoms with Crippen LogP contribution in [0.3, 0.4) is 0 Å². The first kappa shape index (κ1) is 30.9. The Kier molecular flexibility index (Phi) is 9.69. The molecule has 2 amide bonds. The summed E-state index contributed by atoms with van der Waals surface area (Å²) in [4.78, 5) is 37.7. The molecule has 3 heterocycles. The molecule has 1 saturated heterocycles. The number of amides is 2. The fourth-order valence-electron chi connectivity index (χ4n) is 4.64. The molecule has 216 valence electrons. The topological polar surface area (TPSA) is 107 Å². The third-order valence-electron chi connectivity index (χ3n) is 7.11. The van der Waals surface area contributed by atoms with Crippen molar-refractivity contribution in [1.82, 2.24) is 20.2 Å². The van der Waals surface area contributed by atoms with E-state index < -0.39 is 17.9 Å². The van der Waals surface area contributed by atoms with Gasteiger partial charge >= 0.3 is 0 Å². The summed E-state index contributed by atoms with van der Waals surface area (Å²) in [7, 11) is 0. The molecule has 0 saturated carbocycles. The number of nitrogens with one attached hydrogen (secondary N) is 2. The smallest absolute Gasteiger partial charge is 0.280 e. The third kappa shape index (κ3) is 7.51. The third-order valence-corrected chi connectivity index (χ3v) is 8.20. The van der Waals surface area contributed by atoms with Gasteiger partial charge in [0.25, 0.3) is 18.2 Å². The zero-order valence-electron chi connectivity index (χ0n) is 23.9. The van der Waals surface area contributed by atoms with Gasteiger partial charge in [0, 0.05) is 41.5 Å². The summed E-state index contributed by atoms with van der Waals surface area (Å²) in [6.45, 7) is 13.0.